The van der Waals surface area contributed by atoms with Crippen LogP contribution in [0.4, 0.5) is 11.4 Å². The summed E-state index contributed by atoms with van der Waals surface area (Å²) in [5, 5.41) is 2.63. The molecule has 2 nitrogen and oxygen atoms in total. The van der Waals surface area contributed by atoms with Gasteiger partial charge in [-0.1, -0.05) is 144 Å². The molecule has 0 atom stereocenters. The van der Waals surface area contributed by atoms with Crippen molar-refractivity contribution in [2.45, 2.75) is 39.2 Å². The van der Waals surface area contributed by atoms with Crippen LogP contribution in [0.5, 0.6) is 0 Å². The van der Waals surface area contributed by atoms with Crippen molar-refractivity contribution in [2.75, 3.05) is 11.9 Å². The molecule has 0 saturated heterocycles. The first-order chi connectivity index (χ1) is 27.2. The van der Waals surface area contributed by atoms with Gasteiger partial charge in [0.05, 0.1) is 11.0 Å². The summed E-state index contributed by atoms with van der Waals surface area (Å²) in [7, 11) is 2.17. The molecule has 0 amide bonds. The highest BCUT2D eigenvalue weighted by Crippen LogP contribution is 2.54. The van der Waals surface area contributed by atoms with E-state index in [2.05, 4.69) is 192 Å². The second-order valence-electron chi connectivity index (χ2n) is 13.7. The minimum absolute atomic E-state index is 1.15. The van der Waals surface area contributed by atoms with E-state index in [0.717, 1.165) is 5.69 Å². The Morgan fingerprint density at radius 2 is 0.945 bits per heavy atom. The molecule has 2 aliphatic heterocycles. The highest BCUT2D eigenvalue weighted by atomic mass is 32.2. The van der Waals surface area contributed by atoms with E-state index in [1.165, 1.54) is 94.6 Å². The molecule has 6 heteroatoms. The topological polar surface area (TPSA) is 8.17 Å². The summed E-state index contributed by atoms with van der Waals surface area (Å²) >= 11 is 7.53. The van der Waals surface area contributed by atoms with Gasteiger partial charge in [0.1, 0.15) is 0 Å². The highest BCUT2D eigenvalue weighted by Gasteiger charge is 2.24. The Labute approximate surface area is 337 Å². The molecule has 9 aromatic rings. The minimum Gasteiger partial charge on any atom is -0.344 e. The lowest BCUT2D eigenvalue weighted by molar-refractivity contribution is 1.15. The van der Waals surface area contributed by atoms with Gasteiger partial charge in [-0.3, -0.25) is 0 Å². The number of nitrogens with zero attached hydrogens (tertiary/aromatic N) is 2. The number of para-hydroxylation sites is 2. The zero-order valence-corrected chi connectivity index (χ0v) is 33.0. The molecule has 11 rings (SSSR count). The molecular weight excluding hydrogens is 745 g/mol. The van der Waals surface area contributed by atoms with Gasteiger partial charge in [-0.2, -0.15) is 0 Å². The third-order valence-corrected chi connectivity index (χ3v) is 15.8. The zero-order valence-electron chi connectivity index (χ0n) is 29.8. The lowest BCUT2D eigenvalue weighted by atomic mass is 10.0. The van der Waals surface area contributed by atoms with E-state index >= 15 is 0 Å². The molecule has 0 aliphatic carbocycles. The fraction of sp³-hybridized carbons (Fsp3) is 0.0204. The zero-order chi connectivity index (χ0) is 36.5. The fourth-order valence-electron chi connectivity index (χ4n) is 7.89. The Morgan fingerprint density at radius 1 is 0.400 bits per heavy atom. The lowest BCUT2D eigenvalue weighted by Gasteiger charge is -2.26. The van der Waals surface area contributed by atoms with Crippen LogP contribution in [0.25, 0.3) is 49.7 Å². The Balaban J connectivity index is 0.900. The highest BCUT2D eigenvalue weighted by molar-refractivity contribution is 8.05. The average Bonchev–Trinajstić information content (AvgIpc) is 3.59. The quantitative estimate of drug-likeness (QED) is 0.171. The molecule has 262 valence electrons. The van der Waals surface area contributed by atoms with Crippen LogP contribution in [-0.4, -0.2) is 11.6 Å². The maximum absolute atomic E-state index is 2.43. The normalized spacial score (nSPS) is 12.9. The third-order valence-electron chi connectivity index (χ3n) is 10.6. The van der Waals surface area contributed by atoms with Crippen LogP contribution < -0.4 is 4.90 Å². The van der Waals surface area contributed by atoms with Gasteiger partial charge in [0, 0.05) is 79.6 Å². The number of hydrogen-bond acceptors (Lipinski definition) is 5. The van der Waals surface area contributed by atoms with Gasteiger partial charge >= 0.3 is 0 Å². The van der Waals surface area contributed by atoms with Crippen molar-refractivity contribution >= 4 is 80.2 Å². The van der Waals surface area contributed by atoms with Gasteiger partial charge in [0.15, 0.2) is 0 Å². The summed E-state index contributed by atoms with van der Waals surface area (Å²) < 4.78 is 2.43. The standard InChI is InChI=1S/C49H32N2S4/c1-50(38-14-4-2-11-35(38)36-13-10-20-45-48(36)54-43-18-8-6-16-41(43)52-45)33-25-21-31(22-26-33)32-23-27-34(28-24-32)51-39-15-5-3-12-37(39)47-40(51)29-30-46-49(47)55-44-19-9-7-17-42(44)53-46/h2-30H,1H3. The first kappa shape index (κ1) is 33.1. The lowest BCUT2D eigenvalue weighted by Crippen LogP contribution is -2.10. The van der Waals surface area contributed by atoms with Crippen molar-refractivity contribution in [2.24, 2.45) is 0 Å². The van der Waals surface area contributed by atoms with E-state index in [9.17, 15) is 0 Å². The summed E-state index contributed by atoms with van der Waals surface area (Å²) in [6.45, 7) is 0. The van der Waals surface area contributed by atoms with E-state index in [4.69, 9.17) is 0 Å². The Morgan fingerprint density at radius 3 is 1.67 bits per heavy atom. The van der Waals surface area contributed by atoms with Crippen LogP contribution >= 0.6 is 47.0 Å². The first-order valence-electron chi connectivity index (χ1n) is 18.3. The molecule has 1 aromatic heterocycles. The molecular formula is C49H32N2S4. The van der Waals surface area contributed by atoms with Crippen LogP contribution in [0, 0.1) is 0 Å². The van der Waals surface area contributed by atoms with Crippen LogP contribution in [0.15, 0.2) is 215 Å². The van der Waals surface area contributed by atoms with Crippen LogP contribution in [0.2, 0.25) is 0 Å². The van der Waals surface area contributed by atoms with Crippen molar-refractivity contribution in [1.82, 2.24) is 4.57 Å². The summed E-state index contributed by atoms with van der Waals surface area (Å²) in [5.41, 5.74) is 10.9. The van der Waals surface area contributed by atoms with E-state index in [1.54, 1.807) is 0 Å². The van der Waals surface area contributed by atoms with Crippen molar-refractivity contribution in [3.05, 3.63) is 176 Å². The molecule has 3 heterocycles. The van der Waals surface area contributed by atoms with Crippen molar-refractivity contribution in [1.29, 1.82) is 0 Å². The van der Waals surface area contributed by atoms with E-state index < -0.39 is 0 Å². The predicted molar refractivity (Wildman–Crippen MR) is 236 cm³/mol. The van der Waals surface area contributed by atoms with Gasteiger partial charge in [-0.25, -0.2) is 0 Å². The fourth-order valence-corrected chi connectivity index (χ4v) is 12.7. The molecule has 0 fully saturated rings. The summed E-state index contributed by atoms with van der Waals surface area (Å²) in [5.74, 6) is 0. The molecule has 0 saturated carbocycles. The number of benzene rings is 8. The smallest absolute Gasteiger partial charge is 0.0553 e. The van der Waals surface area contributed by atoms with Gasteiger partial charge < -0.3 is 9.47 Å². The molecule has 0 bridgehead atoms. The second-order valence-corrected chi connectivity index (χ2v) is 18.0. The van der Waals surface area contributed by atoms with Gasteiger partial charge in [-0.05, 0) is 95.6 Å². The largest absolute Gasteiger partial charge is 0.344 e. The molecule has 2 aliphatic rings. The molecule has 0 spiro atoms. The number of fused-ring (bicyclic) bond motifs is 8. The Hall–Kier alpha value is -5.24. The maximum atomic E-state index is 2.43. The minimum atomic E-state index is 1.15. The third kappa shape index (κ3) is 5.62. The van der Waals surface area contributed by atoms with E-state index in [-0.39, 0.29) is 0 Å². The van der Waals surface area contributed by atoms with Crippen LogP contribution in [0.1, 0.15) is 0 Å². The average molecular weight is 777 g/mol. The SMILES string of the molecule is CN(c1ccc(-c2ccc(-n3c4ccccc4c4c5c(ccc43)Sc3ccccc3S5)cc2)cc1)c1ccccc1-c1cccc2c1Sc1ccccc1S2. The van der Waals surface area contributed by atoms with Crippen molar-refractivity contribution < 1.29 is 0 Å². The second kappa shape index (κ2) is 13.5. The van der Waals surface area contributed by atoms with Gasteiger partial charge in [0.25, 0.3) is 0 Å². The monoisotopic (exact) mass is 776 g/mol. The predicted octanol–water partition coefficient (Wildman–Crippen LogP) is 15.1. The molecule has 0 radical (unpaired) electrons. The van der Waals surface area contributed by atoms with E-state index in [0.29, 0.717) is 0 Å². The number of anilines is 2. The summed E-state index contributed by atoms with van der Waals surface area (Å²) in [4.78, 5) is 12.9. The van der Waals surface area contributed by atoms with Gasteiger partial charge in [0.2, 0.25) is 0 Å². The van der Waals surface area contributed by atoms with Crippen molar-refractivity contribution in [3.8, 4) is 27.9 Å². The maximum Gasteiger partial charge on any atom is 0.0553 e. The van der Waals surface area contributed by atoms with Crippen LogP contribution in [0.3, 0.4) is 0 Å². The number of hydrogen-bond donors (Lipinski definition) is 0. The molecule has 8 aromatic carbocycles. The Kier molecular flexibility index (Phi) is 8.13. The Bertz CT molecular complexity index is 2950. The summed E-state index contributed by atoms with van der Waals surface area (Å²) in [6, 6.07) is 64.4. The number of aromatic nitrogens is 1. The molecule has 0 N–H and O–H groups in total. The molecule has 55 heavy (non-hydrogen) atoms. The number of rotatable bonds is 5. The molecule has 0 unspecified atom stereocenters. The summed E-state index contributed by atoms with van der Waals surface area (Å²) in [6.07, 6.45) is 0. The van der Waals surface area contributed by atoms with Crippen molar-refractivity contribution in [3.63, 3.8) is 0 Å². The van der Waals surface area contributed by atoms with Crippen LogP contribution in [-0.2, 0) is 0 Å². The first-order valence-corrected chi connectivity index (χ1v) is 21.6. The van der Waals surface area contributed by atoms with Gasteiger partial charge in [-0.15, -0.1) is 0 Å². The van der Waals surface area contributed by atoms with E-state index in [1.807, 2.05) is 47.0 Å².